The van der Waals surface area contributed by atoms with Crippen LogP contribution in [0.3, 0.4) is 0 Å². The van der Waals surface area contributed by atoms with Crippen LogP contribution in [0.5, 0.6) is 11.5 Å². The van der Waals surface area contributed by atoms with E-state index in [1.165, 1.54) is 5.56 Å². The summed E-state index contributed by atoms with van der Waals surface area (Å²) in [5, 5.41) is 0. The molecule has 0 spiro atoms. The Hall–Kier alpha value is -1.35. The molecule has 1 aromatic carbocycles. The molecule has 0 aliphatic rings. The van der Waals surface area contributed by atoms with E-state index in [9.17, 15) is 0 Å². The summed E-state index contributed by atoms with van der Waals surface area (Å²) in [6, 6.07) is 9.94. The molecule has 88 valence electrons. The Morgan fingerprint density at radius 3 is 2.59 bits per heavy atom. The van der Waals surface area contributed by atoms with Crippen LogP contribution in [0.1, 0.15) is 25.3 Å². The lowest BCUT2D eigenvalue weighted by Crippen LogP contribution is -1.94. The van der Waals surface area contributed by atoms with Gasteiger partial charge in [0.25, 0.3) is 0 Å². The molecule has 0 aliphatic carbocycles. The minimum atomic E-state index is 0.437. The van der Waals surface area contributed by atoms with E-state index >= 15 is 0 Å². The third kappa shape index (κ3) is 2.86. The quantitative estimate of drug-likeness (QED) is 0.813. The van der Waals surface area contributed by atoms with Gasteiger partial charge in [-0.3, -0.25) is 4.98 Å². The first kappa shape index (κ1) is 12.1. The SMILES string of the molecule is CC(C)c1ccccc1Oc1ccncc1Br. The van der Waals surface area contributed by atoms with Crippen molar-refractivity contribution in [3.63, 3.8) is 0 Å². The van der Waals surface area contributed by atoms with Gasteiger partial charge in [0.2, 0.25) is 0 Å². The van der Waals surface area contributed by atoms with Crippen LogP contribution in [0.15, 0.2) is 47.2 Å². The van der Waals surface area contributed by atoms with E-state index in [1.54, 1.807) is 12.4 Å². The van der Waals surface area contributed by atoms with Gasteiger partial charge >= 0.3 is 0 Å². The van der Waals surface area contributed by atoms with Gasteiger partial charge in [0.05, 0.1) is 4.47 Å². The Kier molecular flexibility index (Phi) is 3.79. The van der Waals surface area contributed by atoms with Crippen molar-refractivity contribution in [3.8, 4) is 11.5 Å². The molecular weight excluding hydrogens is 278 g/mol. The van der Waals surface area contributed by atoms with Gasteiger partial charge in [-0.1, -0.05) is 32.0 Å². The average Bonchev–Trinajstić information content (AvgIpc) is 2.32. The minimum Gasteiger partial charge on any atom is -0.456 e. The monoisotopic (exact) mass is 291 g/mol. The molecule has 1 aromatic heterocycles. The molecule has 0 N–H and O–H groups in total. The molecule has 2 nitrogen and oxygen atoms in total. The van der Waals surface area contributed by atoms with Crippen molar-refractivity contribution in [2.45, 2.75) is 19.8 Å². The minimum absolute atomic E-state index is 0.437. The lowest BCUT2D eigenvalue weighted by molar-refractivity contribution is 0.469. The van der Waals surface area contributed by atoms with Crippen molar-refractivity contribution < 1.29 is 4.74 Å². The zero-order valence-electron chi connectivity index (χ0n) is 9.85. The van der Waals surface area contributed by atoms with Crippen LogP contribution in [0, 0.1) is 0 Å². The van der Waals surface area contributed by atoms with E-state index in [0.717, 1.165) is 16.0 Å². The third-order valence-corrected chi connectivity index (χ3v) is 3.09. The Labute approximate surface area is 110 Å². The summed E-state index contributed by atoms with van der Waals surface area (Å²) < 4.78 is 6.77. The van der Waals surface area contributed by atoms with Gasteiger partial charge in [0.15, 0.2) is 0 Å². The number of hydrogen-bond acceptors (Lipinski definition) is 2. The van der Waals surface area contributed by atoms with Crippen LogP contribution in [0.25, 0.3) is 0 Å². The van der Waals surface area contributed by atoms with Gasteiger partial charge in [0.1, 0.15) is 11.5 Å². The molecule has 0 atom stereocenters. The standard InChI is InChI=1S/C14H14BrNO/c1-10(2)11-5-3-4-6-13(11)17-14-7-8-16-9-12(14)15/h3-10H,1-2H3. The molecule has 0 fully saturated rings. The number of ether oxygens (including phenoxy) is 1. The van der Waals surface area contributed by atoms with Gasteiger partial charge in [-0.05, 0) is 33.5 Å². The lowest BCUT2D eigenvalue weighted by Gasteiger charge is -2.14. The second-order valence-corrected chi connectivity index (χ2v) is 4.96. The molecule has 0 radical (unpaired) electrons. The van der Waals surface area contributed by atoms with E-state index in [1.807, 2.05) is 24.3 Å². The second-order valence-electron chi connectivity index (χ2n) is 4.10. The number of hydrogen-bond donors (Lipinski definition) is 0. The van der Waals surface area contributed by atoms with Crippen molar-refractivity contribution in [2.75, 3.05) is 0 Å². The fraction of sp³-hybridized carbons (Fsp3) is 0.214. The molecule has 0 unspecified atom stereocenters. The number of pyridine rings is 1. The number of halogens is 1. The van der Waals surface area contributed by atoms with Crippen molar-refractivity contribution in [1.29, 1.82) is 0 Å². The highest BCUT2D eigenvalue weighted by molar-refractivity contribution is 9.10. The number of para-hydroxylation sites is 1. The van der Waals surface area contributed by atoms with E-state index in [4.69, 9.17) is 4.74 Å². The maximum absolute atomic E-state index is 5.91. The third-order valence-electron chi connectivity index (χ3n) is 2.50. The number of nitrogens with zero attached hydrogens (tertiary/aromatic N) is 1. The number of aromatic nitrogens is 1. The summed E-state index contributed by atoms with van der Waals surface area (Å²) in [6.07, 6.45) is 3.45. The van der Waals surface area contributed by atoms with E-state index in [2.05, 4.69) is 40.8 Å². The fourth-order valence-electron chi connectivity index (χ4n) is 1.61. The van der Waals surface area contributed by atoms with Gasteiger partial charge < -0.3 is 4.74 Å². The molecule has 17 heavy (non-hydrogen) atoms. The highest BCUT2D eigenvalue weighted by Crippen LogP contribution is 2.33. The largest absolute Gasteiger partial charge is 0.456 e. The van der Waals surface area contributed by atoms with Crippen molar-refractivity contribution >= 4 is 15.9 Å². The Morgan fingerprint density at radius 1 is 1.12 bits per heavy atom. The van der Waals surface area contributed by atoms with Crippen molar-refractivity contribution in [2.24, 2.45) is 0 Å². The lowest BCUT2D eigenvalue weighted by atomic mass is 10.0. The maximum atomic E-state index is 5.91. The molecule has 2 rings (SSSR count). The summed E-state index contributed by atoms with van der Waals surface area (Å²) in [6.45, 7) is 4.31. The zero-order valence-corrected chi connectivity index (χ0v) is 11.4. The molecular formula is C14H14BrNO. The van der Waals surface area contributed by atoms with Crippen LogP contribution >= 0.6 is 15.9 Å². The van der Waals surface area contributed by atoms with Gasteiger partial charge in [-0.15, -0.1) is 0 Å². The summed E-state index contributed by atoms with van der Waals surface area (Å²) in [7, 11) is 0. The fourth-order valence-corrected chi connectivity index (χ4v) is 1.95. The van der Waals surface area contributed by atoms with E-state index < -0.39 is 0 Å². The summed E-state index contributed by atoms with van der Waals surface area (Å²) in [5.74, 6) is 2.12. The molecule has 0 aliphatic heterocycles. The first-order valence-electron chi connectivity index (χ1n) is 5.55. The normalized spacial score (nSPS) is 10.6. The predicted molar refractivity (Wildman–Crippen MR) is 72.5 cm³/mol. The first-order valence-corrected chi connectivity index (χ1v) is 6.34. The number of rotatable bonds is 3. The highest BCUT2D eigenvalue weighted by atomic mass is 79.9. The highest BCUT2D eigenvalue weighted by Gasteiger charge is 2.09. The van der Waals surface area contributed by atoms with Crippen LogP contribution in [0.2, 0.25) is 0 Å². The molecule has 1 heterocycles. The summed E-state index contributed by atoms with van der Waals surface area (Å²) in [5.41, 5.74) is 1.20. The topological polar surface area (TPSA) is 22.1 Å². The van der Waals surface area contributed by atoms with Crippen LogP contribution < -0.4 is 4.74 Å². The van der Waals surface area contributed by atoms with Gasteiger partial charge in [0, 0.05) is 18.5 Å². The average molecular weight is 292 g/mol. The molecule has 0 amide bonds. The molecule has 3 heteroatoms. The van der Waals surface area contributed by atoms with Crippen LogP contribution in [-0.4, -0.2) is 4.98 Å². The van der Waals surface area contributed by atoms with Gasteiger partial charge in [-0.25, -0.2) is 0 Å². The Bertz CT molecular complexity index is 511. The Balaban J connectivity index is 2.34. The smallest absolute Gasteiger partial charge is 0.144 e. The van der Waals surface area contributed by atoms with Crippen LogP contribution in [-0.2, 0) is 0 Å². The molecule has 0 saturated heterocycles. The predicted octanol–water partition coefficient (Wildman–Crippen LogP) is 4.76. The molecule has 0 bridgehead atoms. The second kappa shape index (κ2) is 5.32. The molecule has 2 aromatic rings. The zero-order chi connectivity index (χ0) is 12.3. The van der Waals surface area contributed by atoms with Crippen LogP contribution in [0.4, 0.5) is 0 Å². The van der Waals surface area contributed by atoms with E-state index in [0.29, 0.717) is 5.92 Å². The summed E-state index contributed by atoms with van der Waals surface area (Å²) >= 11 is 3.43. The Morgan fingerprint density at radius 2 is 1.88 bits per heavy atom. The number of benzene rings is 1. The molecule has 0 saturated carbocycles. The van der Waals surface area contributed by atoms with E-state index in [-0.39, 0.29) is 0 Å². The van der Waals surface area contributed by atoms with Gasteiger partial charge in [-0.2, -0.15) is 0 Å². The van der Waals surface area contributed by atoms with Crippen molar-refractivity contribution in [1.82, 2.24) is 4.98 Å². The summed E-state index contributed by atoms with van der Waals surface area (Å²) in [4.78, 5) is 4.02. The van der Waals surface area contributed by atoms with Crippen molar-refractivity contribution in [3.05, 3.63) is 52.8 Å². The first-order chi connectivity index (χ1) is 8.18. The maximum Gasteiger partial charge on any atom is 0.144 e.